The van der Waals surface area contributed by atoms with Crippen molar-refractivity contribution < 1.29 is 0 Å². The Morgan fingerprint density at radius 3 is 2.83 bits per heavy atom. The fraction of sp³-hybridized carbons (Fsp3) is 0.333. The fourth-order valence-electron chi connectivity index (χ4n) is 1.06. The molecule has 0 saturated carbocycles. The van der Waals surface area contributed by atoms with Gasteiger partial charge in [-0.05, 0) is 31.5 Å². The van der Waals surface area contributed by atoms with Crippen LogP contribution in [0.1, 0.15) is 11.3 Å². The molecule has 1 rings (SSSR count). The monoisotopic (exact) mass is 161 g/mol. The zero-order valence-corrected chi connectivity index (χ0v) is 7.26. The Labute approximate surface area is 72.1 Å². The van der Waals surface area contributed by atoms with Crippen molar-refractivity contribution in [2.75, 3.05) is 11.9 Å². The van der Waals surface area contributed by atoms with Crippen molar-refractivity contribution in [3.05, 3.63) is 23.4 Å². The Hall–Kier alpha value is -1.56. The summed E-state index contributed by atoms with van der Waals surface area (Å²) in [5, 5.41) is 11.2. The van der Waals surface area contributed by atoms with Gasteiger partial charge in [0.2, 0.25) is 0 Å². The largest absolute Gasteiger partial charge is 0.357 e. The minimum absolute atomic E-state index is 0.301. The molecule has 1 aromatic heterocycles. The maximum absolute atomic E-state index is 8.33. The van der Waals surface area contributed by atoms with Crippen LogP contribution in [0.3, 0.4) is 0 Å². The van der Waals surface area contributed by atoms with Crippen LogP contribution in [-0.2, 0) is 0 Å². The number of hydrogen-bond donors (Lipinski definition) is 1. The van der Waals surface area contributed by atoms with E-state index in [-0.39, 0.29) is 0 Å². The SMILES string of the molecule is Cc1cc(C)nc(NCC#N)c1. The Morgan fingerprint density at radius 1 is 1.50 bits per heavy atom. The van der Waals surface area contributed by atoms with Gasteiger partial charge in [-0.2, -0.15) is 5.26 Å². The van der Waals surface area contributed by atoms with E-state index in [9.17, 15) is 0 Å². The highest BCUT2D eigenvalue weighted by molar-refractivity contribution is 5.39. The summed E-state index contributed by atoms with van der Waals surface area (Å²) in [5.41, 5.74) is 2.12. The summed E-state index contributed by atoms with van der Waals surface area (Å²) in [7, 11) is 0. The zero-order chi connectivity index (χ0) is 8.97. The highest BCUT2D eigenvalue weighted by Crippen LogP contribution is 2.07. The second kappa shape index (κ2) is 3.72. The second-order valence-electron chi connectivity index (χ2n) is 2.68. The Morgan fingerprint density at radius 2 is 2.25 bits per heavy atom. The molecule has 0 unspecified atom stereocenters. The van der Waals surface area contributed by atoms with E-state index in [0.717, 1.165) is 17.1 Å². The molecule has 0 atom stereocenters. The highest BCUT2D eigenvalue weighted by Gasteiger charge is 1.94. The Kier molecular flexibility index (Phi) is 2.65. The molecule has 1 N–H and O–H groups in total. The van der Waals surface area contributed by atoms with Gasteiger partial charge in [-0.3, -0.25) is 0 Å². The zero-order valence-electron chi connectivity index (χ0n) is 7.26. The van der Waals surface area contributed by atoms with Crippen LogP contribution in [0.5, 0.6) is 0 Å². The first-order valence-electron chi connectivity index (χ1n) is 3.78. The molecule has 1 aromatic rings. The Balaban J connectivity index is 2.80. The lowest BCUT2D eigenvalue weighted by molar-refractivity contribution is 1.14. The number of rotatable bonds is 2. The van der Waals surface area contributed by atoms with Crippen molar-refractivity contribution >= 4 is 5.82 Å². The molecule has 0 amide bonds. The summed E-state index contributed by atoms with van der Waals surface area (Å²) in [6, 6.07) is 5.92. The van der Waals surface area contributed by atoms with Crippen molar-refractivity contribution in [1.29, 1.82) is 5.26 Å². The molecule has 0 fully saturated rings. The molecule has 0 aliphatic rings. The van der Waals surface area contributed by atoms with E-state index in [2.05, 4.69) is 10.3 Å². The predicted octanol–water partition coefficient (Wildman–Crippen LogP) is 1.63. The minimum Gasteiger partial charge on any atom is -0.357 e. The average Bonchev–Trinajstić information content (AvgIpc) is 1.99. The summed E-state index contributed by atoms with van der Waals surface area (Å²) in [5.74, 6) is 0.772. The number of nitriles is 1. The van der Waals surface area contributed by atoms with Gasteiger partial charge < -0.3 is 5.32 Å². The molecular weight excluding hydrogens is 150 g/mol. The third-order valence-electron chi connectivity index (χ3n) is 1.45. The van der Waals surface area contributed by atoms with Gasteiger partial charge in [0.05, 0.1) is 6.07 Å². The van der Waals surface area contributed by atoms with Crippen LogP contribution in [0, 0.1) is 25.2 Å². The summed E-state index contributed by atoms with van der Waals surface area (Å²) in [4.78, 5) is 4.21. The van der Waals surface area contributed by atoms with Crippen LogP contribution >= 0.6 is 0 Å². The van der Waals surface area contributed by atoms with E-state index in [1.807, 2.05) is 32.0 Å². The molecule has 12 heavy (non-hydrogen) atoms. The number of anilines is 1. The van der Waals surface area contributed by atoms with E-state index < -0.39 is 0 Å². The molecule has 0 radical (unpaired) electrons. The van der Waals surface area contributed by atoms with Gasteiger partial charge in [-0.1, -0.05) is 0 Å². The molecule has 0 aliphatic carbocycles. The normalized spacial score (nSPS) is 9.08. The van der Waals surface area contributed by atoms with E-state index in [1.165, 1.54) is 0 Å². The van der Waals surface area contributed by atoms with Crippen molar-refractivity contribution in [3.63, 3.8) is 0 Å². The number of nitrogens with one attached hydrogen (secondary N) is 1. The number of hydrogen-bond acceptors (Lipinski definition) is 3. The molecule has 3 heteroatoms. The van der Waals surface area contributed by atoms with Gasteiger partial charge in [0.25, 0.3) is 0 Å². The summed E-state index contributed by atoms with van der Waals surface area (Å²) < 4.78 is 0. The van der Waals surface area contributed by atoms with Gasteiger partial charge >= 0.3 is 0 Å². The summed E-state index contributed by atoms with van der Waals surface area (Å²) in [6.45, 7) is 4.24. The van der Waals surface area contributed by atoms with Crippen LogP contribution < -0.4 is 5.32 Å². The van der Waals surface area contributed by atoms with Crippen LogP contribution in [-0.4, -0.2) is 11.5 Å². The lowest BCUT2D eigenvalue weighted by Gasteiger charge is -2.03. The van der Waals surface area contributed by atoms with E-state index >= 15 is 0 Å². The second-order valence-corrected chi connectivity index (χ2v) is 2.68. The first-order chi connectivity index (χ1) is 5.72. The van der Waals surface area contributed by atoms with E-state index in [4.69, 9.17) is 5.26 Å². The number of nitrogens with zero attached hydrogens (tertiary/aromatic N) is 2. The fourth-order valence-corrected chi connectivity index (χ4v) is 1.06. The van der Waals surface area contributed by atoms with Crippen LogP contribution in [0.2, 0.25) is 0 Å². The van der Waals surface area contributed by atoms with E-state index in [0.29, 0.717) is 6.54 Å². The lowest BCUT2D eigenvalue weighted by atomic mass is 10.2. The molecule has 3 nitrogen and oxygen atoms in total. The predicted molar refractivity (Wildman–Crippen MR) is 47.8 cm³/mol. The molecule has 62 valence electrons. The third-order valence-corrected chi connectivity index (χ3v) is 1.45. The maximum Gasteiger partial charge on any atom is 0.127 e. The molecular formula is C9H11N3. The van der Waals surface area contributed by atoms with Crippen LogP contribution in [0.15, 0.2) is 12.1 Å². The highest BCUT2D eigenvalue weighted by atomic mass is 15.0. The van der Waals surface area contributed by atoms with Crippen LogP contribution in [0.4, 0.5) is 5.82 Å². The molecule has 0 saturated heterocycles. The first kappa shape index (κ1) is 8.54. The molecule has 0 bridgehead atoms. The molecule has 1 heterocycles. The number of pyridine rings is 1. The topological polar surface area (TPSA) is 48.7 Å². The Bertz CT molecular complexity index is 292. The standard InChI is InChI=1S/C9H11N3/c1-7-5-8(2)12-9(6-7)11-4-3-10/h5-6H,4H2,1-2H3,(H,11,12). The number of aromatic nitrogens is 1. The van der Waals surface area contributed by atoms with E-state index in [1.54, 1.807) is 0 Å². The quantitative estimate of drug-likeness (QED) is 0.671. The van der Waals surface area contributed by atoms with Gasteiger partial charge in [0, 0.05) is 5.69 Å². The summed E-state index contributed by atoms with van der Waals surface area (Å²) in [6.07, 6.45) is 0. The lowest BCUT2D eigenvalue weighted by Crippen LogP contribution is -2.01. The summed E-state index contributed by atoms with van der Waals surface area (Å²) >= 11 is 0. The first-order valence-corrected chi connectivity index (χ1v) is 3.78. The van der Waals surface area contributed by atoms with Gasteiger partial charge in [0.15, 0.2) is 0 Å². The van der Waals surface area contributed by atoms with Gasteiger partial charge in [-0.15, -0.1) is 0 Å². The average molecular weight is 161 g/mol. The molecule has 0 spiro atoms. The van der Waals surface area contributed by atoms with Gasteiger partial charge in [0.1, 0.15) is 12.4 Å². The molecule has 0 aromatic carbocycles. The van der Waals surface area contributed by atoms with Crippen molar-refractivity contribution in [1.82, 2.24) is 4.98 Å². The molecule has 0 aliphatic heterocycles. The smallest absolute Gasteiger partial charge is 0.127 e. The van der Waals surface area contributed by atoms with Crippen molar-refractivity contribution in [2.24, 2.45) is 0 Å². The number of aryl methyl sites for hydroxylation is 2. The van der Waals surface area contributed by atoms with Crippen LogP contribution in [0.25, 0.3) is 0 Å². The van der Waals surface area contributed by atoms with Crippen molar-refractivity contribution in [3.8, 4) is 6.07 Å². The minimum atomic E-state index is 0.301. The third kappa shape index (κ3) is 2.24. The van der Waals surface area contributed by atoms with Gasteiger partial charge in [-0.25, -0.2) is 4.98 Å². The maximum atomic E-state index is 8.33. The van der Waals surface area contributed by atoms with Crippen molar-refractivity contribution in [2.45, 2.75) is 13.8 Å².